The number of amides is 1. The maximum absolute atomic E-state index is 12.6. The number of rotatable bonds is 8. The molecule has 35 heavy (non-hydrogen) atoms. The molecular weight excluding hydrogens is 498 g/mol. The van der Waals surface area contributed by atoms with Gasteiger partial charge in [-0.3, -0.25) is 9.59 Å². The van der Waals surface area contributed by atoms with E-state index in [0.717, 1.165) is 12.3 Å². The number of sulfone groups is 1. The van der Waals surface area contributed by atoms with Gasteiger partial charge in [0.25, 0.3) is 11.5 Å². The van der Waals surface area contributed by atoms with E-state index in [1.54, 1.807) is 24.3 Å². The minimum absolute atomic E-state index is 0.0497. The fraction of sp³-hybridized carbons (Fsp3) is 0.217. The van der Waals surface area contributed by atoms with Gasteiger partial charge in [0.2, 0.25) is 0 Å². The van der Waals surface area contributed by atoms with Crippen molar-refractivity contribution in [3.8, 4) is 16.9 Å². The van der Waals surface area contributed by atoms with Crippen molar-refractivity contribution in [3.05, 3.63) is 75.2 Å². The average Bonchev–Trinajstić information content (AvgIpc) is 2.80. The van der Waals surface area contributed by atoms with Crippen LogP contribution in [0.3, 0.4) is 0 Å². The number of aliphatic carboxylic acids is 1. The molecular formula is C23H22ClN3O7S. The first-order chi connectivity index (χ1) is 16.4. The van der Waals surface area contributed by atoms with E-state index < -0.39 is 27.8 Å². The predicted molar refractivity (Wildman–Crippen MR) is 129 cm³/mol. The lowest BCUT2D eigenvalue weighted by Crippen LogP contribution is -2.42. The Kier molecular flexibility index (Phi) is 7.61. The maximum atomic E-state index is 12.6. The molecule has 1 heterocycles. The van der Waals surface area contributed by atoms with Crippen LogP contribution < -0.4 is 15.6 Å². The molecule has 0 unspecified atom stereocenters. The lowest BCUT2D eigenvalue weighted by atomic mass is 10.0. The largest absolute Gasteiger partial charge is 0.494 e. The van der Waals surface area contributed by atoms with Crippen molar-refractivity contribution in [3.63, 3.8) is 0 Å². The van der Waals surface area contributed by atoms with Crippen LogP contribution in [0.1, 0.15) is 15.9 Å². The molecule has 12 heteroatoms. The number of nitrogens with one attached hydrogen (secondary N) is 1. The number of halogens is 1. The minimum Gasteiger partial charge on any atom is -0.494 e. The number of aryl methyl sites for hydroxylation is 1. The molecule has 1 atom stereocenters. The molecule has 1 amide bonds. The summed E-state index contributed by atoms with van der Waals surface area (Å²) in [5.74, 6) is -1.73. The Bertz CT molecular complexity index is 1450. The van der Waals surface area contributed by atoms with Crippen molar-refractivity contribution in [2.45, 2.75) is 17.4 Å². The van der Waals surface area contributed by atoms with Crippen LogP contribution in [0.5, 0.6) is 5.75 Å². The van der Waals surface area contributed by atoms with Gasteiger partial charge in [0.1, 0.15) is 6.04 Å². The van der Waals surface area contributed by atoms with Crippen LogP contribution in [0.2, 0.25) is 5.02 Å². The van der Waals surface area contributed by atoms with Crippen molar-refractivity contribution in [1.29, 1.82) is 0 Å². The summed E-state index contributed by atoms with van der Waals surface area (Å²) < 4.78 is 29.7. The van der Waals surface area contributed by atoms with E-state index in [1.165, 1.54) is 37.2 Å². The molecule has 0 aliphatic heterocycles. The third-order valence-corrected chi connectivity index (χ3v) is 6.64. The van der Waals surface area contributed by atoms with Crippen LogP contribution in [-0.4, -0.2) is 54.6 Å². The summed E-state index contributed by atoms with van der Waals surface area (Å²) in [6.45, 7) is 0. The van der Waals surface area contributed by atoms with Gasteiger partial charge < -0.3 is 15.2 Å². The lowest BCUT2D eigenvalue weighted by Gasteiger charge is -2.16. The molecule has 2 N–H and O–H groups in total. The summed E-state index contributed by atoms with van der Waals surface area (Å²) in [6.07, 6.45) is 2.38. The number of aromatic nitrogens is 2. The first-order valence-electron chi connectivity index (χ1n) is 10.1. The highest BCUT2D eigenvalue weighted by Crippen LogP contribution is 2.26. The van der Waals surface area contributed by atoms with E-state index >= 15 is 0 Å². The van der Waals surface area contributed by atoms with Gasteiger partial charge in [0.15, 0.2) is 15.6 Å². The van der Waals surface area contributed by atoms with Crippen LogP contribution in [0.15, 0.2) is 58.4 Å². The molecule has 0 spiro atoms. The summed E-state index contributed by atoms with van der Waals surface area (Å²) in [5, 5.41) is 15.8. The number of carboxylic acids is 1. The number of carboxylic acid groups (broad SMARTS) is 1. The van der Waals surface area contributed by atoms with Gasteiger partial charge in [-0.25, -0.2) is 17.9 Å². The molecule has 0 saturated carbocycles. The molecule has 184 valence electrons. The zero-order valence-electron chi connectivity index (χ0n) is 19.0. The third kappa shape index (κ3) is 5.87. The Morgan fingerprint density at radius 3 is 2.40 bits per heavy atom. The molecule has 0 bridgehead atoms. The topological polar surface area (TPSA) is 145 Å². The Morgan fingerprint density at radius 2 is 1.86 bits per heavy atom. The first kappa shape index (κ1) is 25.9. The number of carbonyl (C=O) groups is 2. The van der Waals surface area contributed by atoms with Crippen molar-refractivity contribution in [2.75, 3.05) is 13.4 Å². The van der Waals surface area contributed by atoms with Crippen LogP contribution in [0, 0.1) is 0 Å². The normalized spacial score (nSPS) is 12.1. The summed E-state index contributed by atoms with van der Waals surface area (Å²) in [4.78, 5) is 36.9. The molecule has 3 aromatic rings. The standard InChI is InChI=1S/C23H22ClN3O7S/c1-27-22(29)20(19(34-2)12-25-27)14-6-4-13(5-7-14)10-18(23(30)31)26-21(28)16-9-8-15(11-17(16)24)35(3,32)33/h4-9,11-12,18H,10H2,1-3H3,(H,26,28)(H,30,31)/t18-/m0/s1. The SMILES string of the molecule is COc1cnn(C)c(=O)c1-c1ccc(C[C@H](NC(=O)c2ccc(S(C)(=O)=O)cc2Cl)C(=O)O)cc1. The van der Waals surface area contributed by atoms with Crippen LogP contribution >= 0.6 is 11.6 Å². The summed E-state index contributed by atoms with van der Waals surface area (Å²) in [5.41, 5.74) is 1.05. The fourth-order valence-electron chi connectivity index (χ4n) is 3.33. The molecule has 2 aromatic carbocycles. The number of methoxy groups -OCH3 is 1. The van der Waals surface area contributed by atoms with Crippen LogP contribution in [0.4, 0.5) is 0 Å². The maximum Gasteiger partial charge on any atom is 0.326 e. The Labute approximate surface area is 206 Å². The number of benzene rings is 2. The number of ether oxygens (including phenoxy) is 1. The second kappa shape index (κ2) is 10.3. The smallest absolute Gasteiger partial charge is 0.326 e. The van der Waals surface area contributed by atoms with E-state index in [1.807, 2.05) is 0 Å². The summed E-state index contributed by atoms with van der Waals surface area (Å²) >= 11 is 6.06. The second-order valence-electron chi connectivity index (χ2n) is 7.70. The monoisotopic (exact) mass is 519 g/mol. The number of nitrogens with zero attached hydrogens (tertiary/aromatic N) is 2. The van der Waals surface area contributed by atoms with Crippen LogP contribution in [0.25, 0.3) is 11.1 Å². The molecule has 3 rings (SSSR count). The Balaban J connectivity index is 1.81. The highest BCUT2D eigenvalue weighted by molar-refractivity contribution is 7.90. The molecule has 0 saturated heterocycles. The number of carbonyl (C=O) groups excluding carboxylic acids is 1. The highest BCUT2D eigenvalue weighted by atomic mass is 35.5. The number of hydrogen-bond acceptors (Lipinski definition) is 7. The van der Waals surface area contributed by atoms with Crippen molar-refractivity contribution < 1.29 is 27.9 Å². The minimum atomic E-state index is -3.52. The molecule has 0 fully saturated rings. The first-order valence-corrected chi connectivity index (χ1v) is 12.4. The lowest BCUT2D eigenvalue weighted by molar-refractivity contribution is -0.139. The quantitative estimate of drug-likeness (QED) is 0.459. The van der Waals surface area contributed by atoms with Gasteiger partial charge in [-0.1, -0.05) is 35.9 Å². The van der Waals surface area contributed by atoms with Gasteiger partial charge in [0.05, 0.1) is 34.4 Å². The van der Waals surface area contributed by atoms with E-state index in [9.17, 15) is 27.9 Å². The molecule has 0 aliphatic carbocycles. The van der Waals surface area contributed by atoms with Gasteiger partial charge in [-0.2, -0.15) is 5.10 Å². The van der Waals surface area contributed by atoms with E-state index in [-0.39, 0.29) is 27.5 Å². The second-order valence-corrected chi connectivity index (χ2v) is 10.1. The predicted octanol–water partition coefficient (Wildman–Crippen LogP) is 1.94. The zero-order valence-corrected chi connectivity index (χ0v) is 20.6. The van der Waals surface area contributed by atoms with E-state index in [4.69, 9.17) is 16.3 Å². The Morgan fingerprint density at radius 1 is 1.20 bits per heavy atom. The van der Waals surface area contributed by atoms with Gasteiger partial charge >= 0.3 is 5.97 Å². The molecule has 0 aliphatic rings. The number of hydrogen-bond donors (Lipinski definition) is 2. The third-order valence-electron chi connectivity index (χ3n) is 5.22. The van der Waals surface area contributed by atoms with E-state index in [0.29, 0.717) is 22.4 Å². The molecule has 1 aromatic heterocycles. The fourth-order valence-corrected chi connectivity index (χ4v) is 4.31. The van der Waals surface area contributed by atoms with Gasteiger partial charge in [0, 0.05) is 19.7 Å². The molecule has 0 radical (unpaired) electrons. The van der Waals surface area contributed by atoms with E-state index in [2.05, 4.69) is 10.4 Å². The van der Waals surface area contributed by atoms with Crippen molar-refractivity contribution >= 4 is 33.3 Å². The van der Waals surface area contributed by atoms with Gasteiger partial charge in [-0.15, -0.1) is 0 Å². The summed E-state index contributed by atoms with van der Waals surface area (Å²) in [6, 6.07) is 8.88. The average molecular weight is 520 g/mol. The highest BCUT2D eigenvalue weighted by Gasteiger charge is 2.23. The summed E-state index contributed by atoms with van der Waals surface area (Å²) in [7, 11) is -0.580. The van der Waals surface area contributed by atoms with Crippen LogP contribution in [-0.2, 0) is 28.1 Å². The zero-order chi connectivity index (χ0) is 25.9. The van der Waals surface area contributed by atoms with Gasteiger partial charge in [-0.05, 0) is 29.3 Å². The molecule has 10 nitrogen and oxygen atoms in total. The Hall–Kier alpha value is -3.70. The van der Waals surface area contributed by atoms with Crippen molar-refractivity contribution in [2.24, 2.45) is 7.05 Å². The van der Waals surface area contributed by atoms with Crippen molar-refractivity contribution in [1.82, 2.24) is 15.1 Å².